The molecule has 1 aromatic carbocycles. The van der Waals surface area contributed by atoms with E-state index in [0.717, 1.165) is 11.4 Å². The molecule has 0 spiro atoms. The number of rotatable bonds is 3. The highest BCUT2D eigenvalue weighted by atomic mass is 127. The van der Waals surface area contributed by atoms with Crippen LogP contribution in [0.5, 0.6) is 0 Å². The highest BCUT2D eigenvalue weighted by Crippen LogP contribution is 2.30. The quantitative estimate of drug-likeness (QED) is 0.483. The first-order valence-corrected chi connectivity index (χ1v) is 7.55. The van der Waals surface area contributed by atoms with Crippen LogP contribution in [0.3, 0.4) is 0 Å². The first-order chi connectivity index (χ1) is 7.65. The average molecular weight is 383 g/mol. The molecule has 0 fully saturated rings. The lowest BCUT2D eigenvalue weighted by Gasteiger charge is -2.07. The van der Waals surface area contributed by atoms with Crippen LogP contribution in [0.4, 0.5) is 0 Å². The summed E-state index contributed by atoms with van der Waals surface area (Å²) in [4.78, 5) is 0. The van der Waals surface area contributed by atoms with Crippen LogP contribution in [0.1, 0.15) is 16.5 Å². The van der Waals surface area contributed by atoms with Crippen LogP contribution in [0.25, 0.3) is 0 Å². The minimum atomic E-state index is 0.0261. The van der Waals surface area contributed by atoms with Gasteiger partial charge in [-0.2, -0.15) is 0 Å². The first-order valence-electron chi connectivity index (χ1n) is 4.77. The Labute approximate surface area is 123 Å². The topological polar surface area (TPSA) is 0 Å². The van der Waals surface area contributed by atoms with Crippen molar-refractivity contribution in [2.24, 2.45) is 0 Å². The molecule has 0 saturated carbocycles. The normalized spacial score (nSPS) is 12.7. The Balaban J connectivity index is 2.10. The molecule has 1 atom stereocenters. The van der Waals surface area contributed by atoms with Gasteiger partial charge in [-0.15, -0.1) is 22.9 Å². The number of hydrogen-bond donors (Lipinski definition) is 0. The van der Waals surface area contributed by atoms with Gasteiger partial charge in [0.05, 0.1) is 8.26 Å². The molecule has 0 aliphatic carbocycles. The second-order valence-electron chi connectivity index (χ2n) is 3.49. The molecule has 0 radical (unpaired) electrons. The third-order valence-corrected chi connectivity index (χ3v) is 4.70. The Bertz CT molecular complexity index is 481. The van der Waals surface area contributed by atoms with Gasteiger partial charge in [0.15, 0.2) is 0 Å². The van der Waals surface area contributed by atoms with E-state index in [4.69, 9.17) is 23.2 Å². The zero-order valence-corrected chi connectivity index (χ0v) is 12.8. The van der Waals surface area contributed by atoms with Crippen molar-refractivity contribution in [2.45, 2.75) is 11.8 Å². The summed E-state index contributed by atoms with van der Waals surface area (Å²) < 4.78 is 1.27. The molecule has 0 saturated heterocycles. The van der Waals surface area contributed by atoms with Gasteiger partial charge >= 0.3 is 0 Å². The van der Waals surface area contributed by atoms with Crippen molar-refractivity contribution in [3.63, 3.8) is 0 Å². The van der Waals surface area contributed by atoms with Gasteiger partial charge in [-0.05, 0) is 63.7 Å². The van der Waals surface area contributed by atoms with Crippen molar-refractivity contribution in [2.75, 3.05) is 0 Å². The molecule has 1 heterocycles. The van der Waals surface area contributed by atoms with Gasteiger partial charge in [-0.3, -0.25) is 0 Å². The molecule has 2 aromatic rings. The summed E-state index contributed by atoms with van der Waals surface area (Å²) in [5.74, 6) is 0. The maximum absolute atomic E-state index is 6.37. The molecule has 0 aliphatic rings. The fourth-order valence-electron chi connectivity index (χ4n) is 1.48. The molecular formula is C12H9Cl2IS. The van der Waals surface area contributed by atoms with E-state index in [1.165, 1.54) is 14.0 Å². The zero-order chi connectivity index (χ0) is 11.5. The molecule has 2 rings (SSSR count). The van der Waals surface area contributed by atoms with Crippen molar-refractivity contribution in [3.8, 4) is 0 Å². The molecule has 84 valence electrons. The molecule has 1 aromatic heterocycles. The number of halogens is 3. The minimum Gasteiger partial charge on any atom is -0.137 e. The van der Waals surface area contributed by atoms with Gasteiger partial charge in [-0.25, -0.2) is 0 Å². The number of thiophene rings is 1. The Hall–Kier alpha value is 0.230. The lowest BCUT2D eigenvalue weighted by molar-refractivity contribution is 0.925. The van der Waals surface area contributed by atoms with Crippen LogP contribution < -0.4 is 0 Å². The van der Waals surface area contributed by atoms with Crippen LogP contribution in [0.15, 0.2) is 35.7 Å². The molecule has 0 nitrogen and oxygen atoms in total. The molecule has 0 bridgehead atoms. The van der Waals surface area contributed by atoms with Crippen molar-refractivity contribution < 1.29 is 0 Å². The summed E-state index contributed by atoms with van der Waals surface area (Å²) in [5, 5.41) is 2.91. The predicted molar refractivity (Wildman–Crippen MR) is 80.8 cm³/mol. The summed E-state index contributed by atoms with van der Waals surface area (Å²) >= 11 is 16.3. The molecule has 0 amide bonds. The molecule has 4 heteroatoms. The van der Waals surface area contributed by atoms with Gasteiger partial charge in [0.2, 0.25) is 0 Å². The smallest absolute Gasteiger partial charge is 0.0656 e. The van der Waals surface area contributed by atoms with E-state index in [-0.39, 0.29) is 5.38 Å². The molecule has 0 aliphatic heterocycles. The fourth-order valence-corrected chi connectivity index (χ4v) is 3.49. The van der Waals surface area contributed by atoms with E-state index in [0.29, 0.717) is 0 Å². The number of alkyl halides is 1. The van der Waals surface area contributed by atoms with Crippen LogP contribution in [0.2, 0.25) is 5.02 Å². The maximum atomic E-state index is 6.37. The highest BCUT2D eigenvalue weighted by molar-refractivity contribution is 14.1. The van der Waals surface area contributed by atoms with E-state index >= 15 is 0 Å². The van der Waals surface area contributed by atoms with Crippen LogP contribution in [0, 0.1) is 2.88 Å². The lowest BCUT2D eigenvalue weighted by Crippen LogP contribution is -1.94. The third kappa shape index (κ3) is 3.36. The maximum Gasteiger partial charge on any atom is 0.0656 e. The molecule has 0 N–H and O–H groups in total. The van der Waals surface area contributed by atoms with Gasteiger partial charge in [0.25, 0.3) is 0 Å². The number of benzene rings is 1. The lowest BCUT2D eigenvalue weighted by atomic mass is 10.1. The van der Waals surface area contributed by atoms with E-state index in [9.17, 15) is 0 Å². The summed E-state index contributed by atoms with van der Waals surface area (Å²) in [6, 6.07) is 9.99. The minimum absolute atomic E-state index is 0.0261. The molecule has 16 heavy (non-hydrogen) atoms. The largest absolute Gasteiger partial charge is 0.137 e. The SMILES string of the molecule is Clc1cccc(CC(Cl)c2csc(I)c2)c1. The van der Waals surface area contributed by atoms with Crippen LogP contribution in [-0.2, 0) is 6.42 Å². The van der Waals surface area contributed by atoms with E-state index in [1.807, 2.05) is 18.2 Å². The van der Waals surface area contributed by atoms with Crippen molar-refractivity contribution in [1.82, 2.24) is 0 Å². The van der Waals surface area contributed by atoms with Crippen molar-refractivity contribution in [3.05, 3.63) is 54.7 Å². The first kappa shape index (κ1) is 12.7. The second-order valence-corrected chi connectivity index (χ2v) is 7.25. The van der Waals surface area contributed by atoms with Crippen molar-refractivity contribution in [1.29, 1.82) is 0 Å². The second kappa shape index (κ2) is 5.71. The Morgan fingerprint density at radius 2 is 2.12 bits per heavy atom. The fraction of sp³-hybridized carbons (Fsp3) is 0.167. The standard InChI is InChI=1S/C12H9Cl2IS/c13-10-3-1-2-8(4-10)5-11(14)9-6-12(15)16-7-9/h1-4,6-7,11H,5H2. The Morgan fingerprint density at radius 1 is 1.31 bits per heavy atom. The third-order valence-electron chi connectivity index (χ3n) is 2.25. The summed E-state index contributed by atoms with van der Waals surface area (Å²) in [7, 11) is 0. The van der Waals surface area contributed by atoms with Gasteiger partial charge in [0.1, 0.15) is 0 Å². The predicted octanol–water partition coefficient (Wildman–Crippen LogP) is 5.53. The van der Waals surface area contributed by atoms with Crippen LogP contribution >= 0.6 is 57.1 Å². The zero-order valence-electron chi connectivity index (χ0n) is 8.29. The number of hydrogen-bond acceptors (Lipinski definition) is 1. The Kier molecular flexibility index (Phi) is 4.53. The van der Waals surface area contributed by atoms with Gasteiger partial charge in [0, 0.05) is 5.02 Å². The highest BCUT2D eigenvalue weighted by Gasteiger charge is 2.10. The Morgan fingerprint density at radius 3 is 2.75 bits per heavy atom. The van der Waals surface area contributed by atoms with Gasteiger partial charge in [-0.1, -0.05) is 23.7 Å². The van der Waals surface area contributed by atoms with Gasteiger partial charge < -0.3 is 0 Å². The van der Waals surface area contributed by atoms with E-state index in [2.05, 4.69) is 40.1 Å². The van der Waals surface area contributed by atoms with Crippen molar-refractivity contribution >= 4 is 57.1 Å². The summed E-state index contributed by atoms with van der Waals surface area (Å²) in [6.07, 6.45) is 0.814. The average Bonchev–Trinajstić information content (AvgIpc) is 2.65. The summed E-state index contributed by atoms with van der Waals surface area (Å²) in [5.41, 5.74) is 2.37. The van der Waals surface area contributed by atoms with Crippen LogP contribution in [-0.4, -0.2) is 0 Å². The molecular weight excluding hydrogens is 374 g/mol. The van der Waals surface area contributed by atoms with E-state index in [1.54, 1.807) is 11.3 Å². The molecule has 1 unspecified atom stereocenters. The van der Waals surface area contributed by atoms with E-state index < -0.39 is 0 Å². The summed E-state index contributed by atoms with van der Waals surface area (Å²) in [6.45, 7) is 0. The monoisotopic (exact) mass is 382 g/mol.